The van der Waals surface area contributed by atoms with Crippen molar-refractivity contribution in [2.75, 3.05) is 0 Å². The van der Waals surface area contributed by atoms with Crippen molar-refractivity contribution < 1.29 is 0 Å². The zero-order valence-electron chi connectivity index (χ0n) is 10.1. The van der Waals surface area contributed by atoms with Gasteiger partial charge in [-0.1, -0.05) is 42.8 Å². The Morgan fingerprint density at radius 2 is 2.00 bits per heavy atom. The van der Waals surface area contributed by atoms with Crippen LogP contribution in [0.3, 0.4) is 0 Å². The molecular formula is C16H15N. The van der Waals surface area contributed by atoms with Crippen LogP contribution >= 0.6 is 0 Å². The highest BCUT2D eigenvalue weighted by atomic mass is 14.7. The second-order valence-corrected chi connectivity index (χ2v) is 4.72. The average molecular weight is 221 g/mol. The minimum absolute atomic E-state index is 0.488. The first kappa shape index (κ1) is 10.3. The summed E-state index contributed by atoms with van der Waals surface area (Å²) in [6.45, 7) is 4.33. The number of aryl methyl sites for hydroxylation is 1. The maximum Gasteiger partial charge on any atom is 0.0665 e. The lowest BCUT2D eigenvalue weighted by Crippen LogP contribution is -1.92. The Hall–Kier alpha value is -1.89. The highest BCUT2D eigenvalue weighted by Crippen LogP contribution is 2.31. The number of benzene rings is 1. The van der Waals surface area contributed by atoms with Gasteiger partial charge < -0.3 is 0 Å². The van der Waals surface area contributed by atoms with Crippen LogP contribution in [0.4, 0.5) is 0 Å². The molecule has 1 aliphatic rings. The Bertz CT molecular complexity index is 596. The van der Waals surface area contributed by atoms with Crippen LogP contribution in [-0.4, -0.2) is 4.98 Å². The highest BCUT2D eigenvalue weighted by Gasteiger charge is 2.14. The van der Waals surface area contributed by atoms with Gasteiger partial charge in [-0.2, -0.15) is 0 Å². The van der Waals surface area contributed by atoms with Gasteiger partial charge in [-0.05, 0) is 30.2 Å². The summed E-state index contributed by atoms with van der Waals surface area (Å²) in [6, 6.07) is 10.8. The summed E-state index contributed by atoms with van der Waals surface area (Å²) in [5.74, 6) is 0.488. The lowest BCUT2D eigenvalue weighted by atomic mass is 9.99. The first-order valence-corrected chi connectivity index (χ1v) is 5.99. The van der Waals surface area contributed by atoms with Gasteiger partial charge in [0.1, 0.15) is 0 Å². The van der Waals surface area contributed by atoms with Crippen molar-refractivity contribution in [2.24, 2.45) is 0 Å². The molecule has 0 N–H and O–H groups in total. The fourth-order valence-corrected chi connectivity index (χ4v) is 2.32. The van der Waals surface area contributed by atoms with E-state index in [1.54, 1.807) is 0 Å². The van der Waals surface area contributed by atoms with Crippen molar-refractivity contribution in [1.29, 1.82) is 0 Å². The topological polar surface area (TPSA) is 12.9 Å². The number of pyridine rings is 1. The summed E-state index contributed by atoms with van der Waals surface area (Å²) in [5.41, 5.74) is 6.20. The highest BCUT2D eigenvalue weighted by molar-refractivity contribution is 5.68. The van der Waals surface area contributed by atoms with Crippen LogP contribution in [0.2, 0.25) is 0 Å². The molecule has 17 heavy (non-hydrogen) atoms. The van der Waals surface area contributed by atoms with Crippen LogP contribution in [0.25, 0.3) is 17.2 Å². The molecule has 3 rings (SSSR count). The van der Waals surface area contributed by atoms with Gasteiger partial charge in [-0.25, -0.2) is 0 Å². The van der Waals surface area contributed by atoms with Crippen LogP contribution in [0.15, 0.2) is 42.6 Å². The summed E-state index contributed by atoms with van der Waals surface area (Å²) in [4.78, 5) is 4.53. The van der Waals surface area contributed by atoms with Gasteiger partial charge in [0.05, 0.1) is 5.69 Å². The third-order valence-corrected chi connectivity index (χ3v) is 3.33. The van der Waals surface area contributed by atoms with Gasteiger partial charge in [-0.15, -0.1) is 0 Å². The molecule has 84 valence electrons. The summed E-state index contributed by atoms with van der Waals surface area (Å²) in [5, 5.41) is 0. The van der Waals surface area contributed by atoms with Gasteiger partial charge in [0.25, 0.3) is 0 Å². The Morgan fingerprint density at radius 1 is 1.12 bits per heavy atom. The Labute approximate surface area is 102 Å². The predicted octanol–water partition coefficient (Wildman–Crippen LogP) is 4.19. The van der Waals surface area contributed by atoms with Crippen LogP contribution in [0, 0.1) is 6.92 Å². The molecular weight excluding hydrogens is 206 g/mol. The van der Waals surface area contributed by atoms with E-state index in [9.17, 15) is 0 Å². The van der Waals surface area contributed by atoms with Gasteiger partial charge >= 0.3 is 0 Å². The number of hydrogen-bond donors (Lipinski definition) is 0. The first-order chi connectivity index (χ1) is 8.24. The normalized spacial score (nSPS) is 17.2. The summed E-state index contributed by atoms with van der Waals surface area (Å²) in [6.07, 6.45) is 6.29. The van der Waals surface area contributed by atoms with Crippen molar-refractivity contribution in [1.82, 2.24) is 4.98 Å². The number of allylic oxidation sites excluding steroid dienone is 1. The van der Waals surface area contributed by atoms with Gasteiger partial charge in [0.2, 0.25) is 0 Å². The number of fused-ring (bicyclic) bond motifs is 1. The monoisotopic (exact) mass is 221 g/mol. The molecule has 1 aliphatic carbocycles. The van der Waals surface area contributed by atoms with E-state index in [2.05, 4.69) is 61.3 Å². The number of rotatable bonds is 1. The van der Waals surface area contributed by atoms with E-state index in [4.69, 9.17) is 0 Å². The molecule has 0 spiro atoms. The number of hydrogen-bond acceptors (Lipinski definition) is 1. The molecule has 0 aliphatic heterocycles. The first-order valence-electron chi connectivity index (χ1n) is 5.99. The molecule has 1 heteroatoms. The van der Waals surface area contributed by atoms with Crippen molar-refractivity contribution in [3.8, 4) is 11.1 Å². The van der Waals surface area contributed by atoms with E-state index in [-0.39, 0.29) is 0 Å². The van der Waals surface area contributed by atoms with Crippen LogP contribution in [-0.2, 0) is 0 Å². The molecule has 0 amide bonds. The van der Waals surface area contributed by atoms with E-state index in [1.807, 2.05) is 6.20 Å². The fraction of sp³-hybridized carbons (Fsp3) is 0.188. The molecule has 1 heterocycles. The number of aromatic nitrogens is 1. The summed E-state index contributed by atoms with van der Waals surface area (Å²) in [7, 11) is 0. The Kier molecular flexibility index (Phi) is 2.32. The van der Waals surface area contributed by atoms with Gasteiger partial charge in [0.15, 0.2) is 0 Å². The largest absolute Gasteiger partial charge is 0.256 e. The quantitative estimate of drug-likeness (QED) is 0.703. The molecule has 0 saturated heterocycles. The molecule has 2 aromatic rings. The van der Waals surface area contributed by atoms with Crippen LogP contribution < -0.4 is 0 Å². The fourth-order valence-electron chi connectivity index (χ4n) is 2.32. The zero-order chi connectivity index (χ0) is 11.8. The van der Waals surface area contributed by atoms with E-state index in [0.717, 1.165) is 5.69 Å². The lowest BCUT2D eigenvalue weighted by Gasteiger charge is -2.08. The third-order valence-electron chi connectivity index (χ3n) is 3.33. The maximum absolute atomic E-state index is 4.53. The van der Waals surface area contributed by atoms with E-state index >= 15 is 0 Å². The minimum atomic E-state index is 0.488. The Morgan fingerprint density at radius 3 is 2.82 bits per heavy atom. The second-order valence-electron chi connectivity index (χ2n) is 4.72. The smallest absolute Gasteiger partial charge is 0.0665 e. The van der Waals surface area contributed by atoms with Crippen molar-refractivity contribution in [3.05, 3.63) is 59.4 Å². The second kappa shape index (κ2) is 3.85. The SMILES string of the molecule is Cc1cccc(-c2cnc3c(c2)C(C)C=C3)c1. The maximum atomic E-state index is 4.53. The van der Waals surface area contributed by atoms with Gasteiger partial charge in [0, 0.05) is 17.7 Å². The molecule has 1 atom stereocenters. The van der Waals surface area contributed by atoms with Crippen LogP contribution in [0.5, 0.6) is 0 Å². The molecule has 0 radical (unpaired) electrons. The van der Waals surface area contributed by atoms with E-state index < -0.39 is 0 Å². The lowest BCUT2D eigenvalue weighted by molar-refractivity contribution is 0.978. The van der Waals surface area contributed by atoms with Crippen LogP contribution in [0.1, 0.15) is 29.7 Å². The van der Waals surface area contributed by atoms with Crippen molar-refractivity contribution >= 4 is 6.08 Å². The molecule has 1 unspecified atom stereocenters. The van der Waals surface area contributed by atoms with E-state index in [1.165, 1.54) is 22.3 Å². The molecule has 0 fully saturated rings. The summed E-state index contributed by atoms with van der Waals surface area (Å²) < 4.78 is 0. The minimum Gasteiger partial charge on any atom is -0.256 e. The zero-order valence-corrected chi connectivity index (χ0v) is 10.1. The predicted molar refractivity (Wildman–Crippen MR) is 71.9 cm³/mol. The van der Waals surface area contributed by atoms with Gasteiger partial charge in [-0.3, -0.25) is 4.98 Å². The summed E-state index contributed by atoms with van der Waals surface area (Å²) >= 11 is 0. The average Bonchev–Trinajstić information content (AvgIpc) is 2.71. The van der Waals surface area contributed by atoms with Crippen molar-refractivity contribution in [2.45, 2.75) is 19.8 Å². The third kappa shape index (κ3) is 1.78. The Balaban J connectivity index is 2.09. The molecule has 1 nitrogen and oxygen atoms in total. The molecule has 0 saturated carbocycles. The number of nitrogens with zero attached hydrogens (tertiary/aromatic N) is 1. The molecule has 1 aromatic heterocycles. The standard InChI is InChI=1S/C16H15N/c1-11-4-3-5-13(8-11)14-9-15-12(2)6-7-16(15)17-10-14/h3-10,12H,1-2H3. The molecule has 0 bridgehead atoms. The van der Waals surface area contributed by atoms with E-state index in [0.29, 0.717) is 5.92 Å². The van der Waals surface area contributed by atoms with Crippen molar-refractivity contribution in [3.63, 3.8) is 0 Å². The molecule has 1 aromatic carbocycles.